The van der Waals surface area contributed by atoms with Crippen molar-refractivity contribution in [2.75, 3.05) is 25.1 Å². The first-order valence-corrected chi connectivity index (χ1v) is 5.49. The van der Waals surface area contributed by atoms with Gasteiger partial charge in [-0.25, -0.2) is 4.98 Å². The summed E-state index contributed by atoms with van der Waals surface area (Å²) in [7, 11) is 0. The van der Waals surface area contributed by atoms with E-state index < -0.39 is 25.4 Å². The Morgan fingerprint density at radius 2 is 1.89 bits per heavy atom. The van der Waals surface area contributed by atoms with Gasteiger partial charge in [0.15, 0.2) is 11.5 Å². The van der Waals surface area contributed by atoms with Gasteiger partial charge in [-0.3, -0.25) is 0 Å². The van der Waals surface area contributed by atoms with Gasteiger partial charge in [0.25, 0.3) is 0 Å². The molecular weight excluding hydrogens is 262 g/mol. The number of aliphatic hydroxyl groups is 3. The third-order valence-electron chi connectivity index (χ3n) is 2.55. The topological polar surface area (TPSA) is 127 Å². The second-order valence-corrected chi connectivity index (χ2v) is 4.16. The Balaban J connectivity index is 2.44. The molecule has 0 radical (unpaired) electrons. The van der Waals surface area contributed by atoms with E-state index in [1.165, 1.54) is 6.33 Å². The molecule has 0 aliphatic heterocycles. The number of imidazole rings is 1. The molecule has 0 unspecified atom stereocenters. The van der Waals surface area contributed by atoms with Gasteiger partial charge < -0.3 is 25.6 Å². The Labute approximate surface area is 107 Å². The number of anilines is 1. The van der Waals surface area contributed by atoms with Crippen molar-refractivity contribution in [2.24, 2.45) is 0 Å². The Morgan fingerprint density at radius 1 is 1.22 bits per heavy atom. The zero-order chi connectivity index (χ0) is 13.2. The average Bonchev–Trinajstić information content (AvgIpc) is 2.84. The second kappa shape index (κ2) is 5.02. The van der Waals surface area contributed by atoms with E-state index in [4.69, 9.17) is 11.6 Å². The number of halogens is 1. The summed E-state index contributed by atoms with van der Waals surface area (Å²) in [5.74, 6) is 0.250. The highest BCUT2D eigenvalue weighted by atomic mass is 35.5. The zero-order valence-electron chi connectivity index (χ0n) is 9.26. The van der Waals surface area contributed by atoms with Crippen LogP contribution in [0, 0.1) is 0 Å². The van der Waals surface area contributed by atoms with Gasteiger partial charge in [-0.1, -0.05) is 0 Å². The first-order chi connectivity index (χ1) is 8.64. The third-order valence-corrected chi connectivity index (χ3v) is 2.72. The number of fused-ring (bicyclic) bond motifs is 1. The number of hydrogen-bond acceptors (Lipinski definition) is 7. The van der Waals surface area contributed by atoms with E-state index in [-0.39, 0.29) is 11.1 Å². The van der Waals surface area contributed by atoms with Crippen LogP contribution < -0.4 is 5.32 Å². The molecule has 18 heavy (non-hydrogen) atoms. The maximum absolute atomic E-state index is 9.25. The minimum absolute atomic E-state index is 0.0279. The molecule has 0 aromatic carbocycles. The lowest BCUT2D eigenvalue weighted by molar-refractivity contribution is 0.0832. The van der Waals surface area contributed by atoms with Crippen LogP contribution in [0.3, 0.4) is 0 Å². The van der Waals surface area contributed by atoms with Gasteiger partial charge in [0.1, 0.15) is 11.1 Å². The summed E-state index contributed by atoms with van der Waals surface area (Å²) in [6.45, 7) is -1.42. The fraction of sp³-hybridized carbons (Fsp3) is 0.444. The number of aromatic amines is 1. The van der Waals surface area contributed by atoms with Crippen molar-refractivity contribution >= 4 is 28.6 Å². The summed E-state index contributed by atoms with van der Waals surface area (Å²) in [4.78, 5) is 14.6. The Hall–Kier alpha value is -1.48. The third kappa shape index (κ3) is 2.23. The Kier molecular flexibility index (Phi) is 3.62. The van der Waals surface area contributed by atoms with Crippen molar-refractivity contribution < 1.29 is 15.3 Å². The molecule has 9 heteroatoms. The van der Waals surface area contributed by atoms with E-state index in [0.29, 0.717) is 11.2 Å². The van der Waals surface area contributed by atoms with Crippen LogP contribution in [-0.2, 0) is 0 Å². The summed E-state index contributed by atoms with van der Waals surface area (Å²) < 4.78 is 0. The van der Waals surface area contributed by atoms with E-state index in [0.717, 1.165) is 0 Å². The van der Waals surface area contributed by atoms with E-state index in [9.17, 15) is 15.3 Å². The van der Waals surface area contributed by atoms with Crippen molar-refractivity contribution in [2.45, 2.75) is 5.54 Å². The average molecular weight is 274 g/mol. The summed E-state index contributed by atoms with van der Waals surface area (Å²) in [6, 6.07) is 0. The lowest BCUT2D eigenvalue weighted by Gasteiger charge is -2.29. The number of rotatable bonds is 5. The molecule has 5 N–H and O–H groups in total. The Morgan fingerprint density at radius 3 is 2.50 bits per heavy atom. The molecule has 0 aliphatic rings. The van der Waals surface area contributed by atoms with Gasteiger partial charge >= 0.3 is 0 Å². The van der Waals surface area contributed by atoms with Crippen molar-refractivity contribution in [3.8, 4) is 0 Å². The molecule has 0 saturated heterocycles. The largest absolute Gasteiger partial charge is 0.394 e. The lowest BCUT2D eigenvalue weighted by atomic mass is 10.0. The highest BCUT2D eigenvalue weighted by Crippen LogP contribution is 2.22. The van der Waals surface area contributed by atoms with Gasteiger partial charge in [0.2, 0.25) is 5.28 Å². The standard InChI is InChI=1S/C9H12ClN5O3/c10-8-13-6-5(11-4-12-6)7(14-8)15-9(1-16,2-17)3-18/h4,16-18H,1-3H2,(H2,11,12,13,14,15). The van der Waals surface area contributed by atoms with Crippen LogP contribution in [0.15, 0.2) is 6.33 Å². The van der Waals surface area contributed by atoms with Crippen LogP contribution in [0.4, 0.5) is 5.82 Å². The first kappa shape index (κ1) is 13.0. The highest BCUT2D eigenvalue weighted by molar-refractivity contribution is 6.28. The summed E-state index contributed by atoms with van der Waals surface area (Å²) in [5.41, 5.74) is -0.477. The maximum atomic E-state index is 9.25. The molecule has 0 atom stereocenters. The molecule has 0 fully saturated rings. The molecule has 0 spiro atoms. The molecule has 2 aromatic heterocycles. The van der Waals surface area contributed by atoms with E-state index >= 15 is 0 Å². The normalized spacial score (nSPS) is 12.0. The number of aliphatic hydroxyl groups excluding tert-OH is 3. The summed E-state index contributed by atoms with van der Waals surface area (Å²) >= 11 is 5.74. The van der Waals surface area contributed by atoms with Crippen molar-refractivity contribution in [1.82, 2.24) is 19.9 Å². The van der Waals surface area contributed by atoms with Crippen LogP contribution in [0.25, 0.3) is 11.2 Å². The second-order valence-electron chi connectivity index (χ2n) is 3.82. The van der Waals surface area contributed by atoms with Gasteiger partial charge in [-0.2, -0.15) is 9.97 Å². The molecule has 0 aliphatic carbocycles. The molecule has 8 nitrogen and oxygen atoms in total. The minimum atomic E-state index is -1.30. The van der Waals surface area contributed by atoms with Gasteiger partial charge in [-0.05, 0) is 11.6 Å². The number of aromatic nitrogens is 4. The SMILES string of the molecule is OCC(CO)(CO)Nc1nc(Cl)nc2nc[nH]c12. The first-order valence-electron chi connectivity index (χ1n) is 5.11. The van der Waals surface area contributed by atoms with Crippen LogP contribution in [0.5, 0.6) is 0 Å². The monoisotopic (exact) mass is 273 g/mol. The number of nitrogens with zero attached hydrogens (tertiary/aromatic N) is 3. The summed E-state index contributed by atoms with van der Waals surface area (Å²) in [5, 5.41) is 30.5. The number of H-pyrrole nitrogens is 1. The van der Waals surface area contributed by atoms with Gasteiger partial charge in [0, 0.05) is 0 Å². The van der Waals surface area contributed by atoms with Crippen molar-refractivity contribution in [3.05, 3.63) is 11.6 Å². The number of nitrogens with one attached hydrogen (secondary N) is 2. The van der Waals surface area contributed by atoms with Gasteiger partial charge in [0.05, 0.1) is 26.1 Å². The molecule has 0 bridgehead atoms. The molecule has 0 amide bonds. The molecular formula is C9H12ClN5O3. The fourth-order valence-corrected chi connectivity index (χ4v) is 1.58. The van der Waals surface area contributed by atoms with Crippen LogP contribution in [0.2, 0.25) is 5.28 Å². The van der Waals surface area contributed by atoms with Crippen molar-refractivity contribution in [3.63, 3.8) is 0 Å². The molecule has 2 aromatic rings. The zero-order valence-corrected chi connectivity index (χ0v) is 10.0. The smallest absolute Gasteiger partial charge is 0.226 e. The predicted molar refractivity (Wildman–Crippen MR) is 64.3 cm³/mol. The molecule has 2 heterocycles. The molecule has 98 valence electrons. The number of hydrogen-bond donors (Lipinski definition) is 5. The van der Waals surface area contributed by atoms with E-state index in [2.05, 4.69) is 25.3 Å². The quantitative estimate of drug-likeness (QED) is 0.448. The van der Waals surface area contributed by atoms with E-state index in [1.54, 1.807) is 0 Å². The summed E-state index contributed by atoms with van der Waals surface area (Å²) in [6.07, 6.45) is 1.42. The van der Waals surface area contributed by atoms with Crippen molar-refractivity contribution in [1.29, 1.82) is 0 Å². The molecule has 0 saturated carbocycles. The van der Waals surface area contributed by atoms with Crippen LogP contribution >= 0.6 is 11.6 Å². The molecule has 2 rings (SSSR count). The minimum Gasteiger partial charge on any atom is -0.394 e. The van der Waals surface area contributed by atoms with Gasteiger partial charge in [-0.15, -0.1) is 0 Å². The highest BCUT2D eigenvalue weighted by Gasteiger charge is 2.29. The lowest BCUT2D eigenvalue weighted by Crippen LogP contribution is -2.49. The maximum Gasteiger partial charge on any atom is 0.226 e. The van der Waals surface area contributed by atoms with E-state index in [1.807, 2.05) is 0 Å². The Bertz CT molecular complexity index is 534. The van der Waals surface area contributed by atoms with Crippen LogP contribution in [0.1, 0.15) is 0 Å². The van der Waals surface area contributed by atoms with Crippen LogP contribution in [-0.4, -0.2) is 60.6 Å². The predicted octanol–water partition coefficient (Wildman–Crippen LogP) is -0.866. The fourth-order valence-electron chi connectivity index (χ4n) is 1.42.